The predicted molar refractivity (Wildman–Crippen MR) is 93.9 cm³/mol. The van der Waals surface area contributed by atoms with E-state index in [0.29, 0.717) is 31.3 Å². The smallest absolute Gasteiger partial charge is 0.192 e. The van der Waals surface area contributed by atoms with Crippen LogP contribution in [-0.2, 0) is 9.53 Å². The fourth-order valence-corrected chi connectivity index (χ4v) is 7.94. The molecule has 0 amide bonds. The normalized spacial score (nSPS) is 55.6. The molecular weight excluding hydrogens is 332 g/mol. The molecule has 3 saturated carbocycles. The molecule has 0 radical (unpaired) electrons. The summed E-state index contributed by atoms with van der Waals surface area (Å²) in [6, 6.07) is 0. The molecule has 4 fully saturated rings. The lowest BCUT2D eigenvalue weighted by molar-refractivity contribution is -0.217. The molecule has 1 spiro atoms. The van der Waals surface area contributed by atoms with Gasteiger partial charge in [0.05, 0.1) is 19.3 Å². The van der Waals surface area contributed by atoms with Crippen molar-refractivity contribution in [2.75, 3.05) is 13.2 Å². The number of aliphatic hydroxyl groups is 3. The van der Waals surface area contributed by atoms with Crippen LogP contribution in [0.3, 0.4) is 0 Å². The first kappa shape index (κ1) is 17.4. The molecule has 5 nitrogen and oxygen atoms in total. The summed E-state index contributed by atoms with van der Waals surface area (Å²) in [7, 11) is 0. The Morgan fingerprint density at radius 2 is 2.08 bits per heavy atom. The van der Waals surface area contributed by atoms with E-state index in [1.165, 1.54) is 5.57 Å². The Bertz CT molecular complexity index is 673. The number of allylic oxidation sites excluding steroid dienone is 1. The summed E-state index contributed by atoms with van der Waals surface area (Å²) in [4.78, 5) is 11.9. The van der Waals surface area contributed by atoms with Crippen LogP contribution in [0, 0.1) is 34.5 Å². The highest BCUT2D eigenvalue weighted by Crippen LogP contribution is 2.69. The van der Waals surface area contributed by atoms with Gasteiger partial charge in [-0.1, -0.05) is 12.5 Å². The Kier molecular flexibility index (Phi) is 3.61. The first-order valence-corrected chi connectivity index (χ1v) is 10.2. The molecule has 4 aliphatic carbocycles. The molecule has 3 N–H and O–H groups in total. The molecule has 0 aromatic rings. The van der Waals surface area contributed by atoms with Crippen molar-refractivity contribution in [2.45, 2.75) is 63.8 Å². The molecule has 0 unspecified atom stereocenters. The van der Waals surface area contributed by atoms with Gasteiger partial charge in [-0.15, -0.1) is 0 Å². The maximum Gasteiger partial charge on any atom is 0.192 e. The third-order valence-electron chi connectivity index (χ3n) is 8.98. The lowest BCUT2D eigenvalue weighted by atomic mass is 9.46. The Balaban J connectivity index is 1.53. The minimum Gasteiger partial charge on any atom is -0.393 e. The molecular formula is C21H30O5. The van der Waals surface area contributed by atoms with Crippen molar-refractivity contribution in [3.05, 3.63) is 11.6 Å². The quantitative estimate of drug-likeness (QED) is 0.662. The van der Waals surface area contributed by atoms with E-state index in [9.17, 15) is 20.1 Å². The maximum atomic E-state index is 11.9. The molecule has 1 aliphatic heterocycles. The summed E-state index contributed by atoms with van der Waals surface area (Å²) in [5.41, 5.74) is 0.956. The Morgan fingerprint density at radius 3 is 2.85 bits per heavy atom. The van der Waals surface area contributed by atoms with Gasteiger partial charge in [-0.2, -0.15) is 0 Å². The van der Waals surface area contributed by atoms with Gasteiger partial charge < -0.3 is 20.1 Å². The van der Waals surface area contributed by atoms with E-state index >= 15 is 0 Å². The van der Waals surface area contributed by atoms with Crippen molar-refractivity contribution in [2.24, 2.45) is 34.5 Å². The van der Waals surface area contributed by atoms with Crippen LogP contribution in [-0.4, -0.2) is 46.2 Å². The summed E-state index contributed by atoms with van der Waals surface area (Å²) in [6.45, 7) is 2.32. The lowest BCUT2D eigenvalue weighted by Crippen LogP contribution is -2.58. The van der Waals surface area contributed by atoms with Crippen LogP contribution in [0.5, 0.6) is 0 Å². The summed E-state index contributed by atoms with van der Waals surface area (Å²) in [5.74, 6) is -0.273. The third kappa shape index (κ3) is 1.98. The summed E-state index contributed by atoms with van der Waals surface area (Å²) >= 11 is 0. The van der Waals surface area contributed by atoms with E-state index in [1.807, 2.05) is 6.08 Å². The zero-order valence-corrected chi connectivity index (χ0v) is 15.5. The number of carbonyl (C=O) groups is 1. The molecule has 144 valence electrons. The van der Waals surface area contributed by atoms with Gasteiger partial charge in [-0.3, -0.25) is 4.79 Å². The Labute approximate surface area is 154 Å². The van der Waals surface area contributed by atoms with E-state index < -0.39 is 11.9 Å². The number of aliphatic hydroxyl groups excluding tert-OH is 2. The first-order chi connectivity index (χ1) is 12.3. The fraction of sp³-hybridized carbons (Fsp3) is 0.857. The number of ketones is 1. The van der Waals surface area contributed by atoms with Gasteiger partial charge in [0.15, 0.2) is 11.6 Å². The van der Waals surface area contributed by atoms with Gasteiger partial charge >= 0.3 is 0 Å². The largest absolute Gasteiger partial charge is 0.393 e. The standard InChI is InChI=1S/C21H30O5/c1-19-7-6-13(23)8-12(19)2-3-14-15-4-5-17-20(15,9-16(24)18(14)19)11-26-21(17,25)10-22/h8,14-18,22,24-25H,2-7,9-11H2,1H3/t14-,15-,16-,17-,18+,19-,20+,21+/m0/s1. The molecule has 1 heterocycles. The SMILES string of the molecule is C[C@]12CCC(=O)C=C1CC[C@@H]1[C@@H]2[C@@H](O)C[C@]23CO[C@](O)(CO)[C@H]2CC[C@@H]13. The predicted octanol–water partition coefficient (Wildman–Crippen LogP) is 1.80. The summed E-state index contributed by atoms with van der Waals surface area (Å²) in [6.07, 6.45) is 7.33. The molecule has 0 bridgehead atoms. The summed E-state index contributed by atoms with van der Waals surface area (Å²) < 4.78 is 5.73. The van der Waals surface area contributed by atoms with Gasteiger partial charge in [0.1, 0.15) is 0 Å². The molecule has 1 saturated heterocycles. The zero-order chi connectivity index (χ0) is 18.3. The van der Waals surface area contributed by atoms with Crippen LogP contribution in [0.4, 0.5) is 0 Å². The number of hydrogen-bond donors (Lipinski definition) is 3. The minimum atomic E-state index is -1.44. The fourth-order valence-electron chi connectivity index (χ4n) is 7.94. The molecule has 5 aliphatic rings. The minimum absolute atomic E-state index is 0.0807. The number of carbonyl (C=O) groups excluding carboxylic acids is 1. The van der Waals surface area contributed by atoms with E-state index in [4.69, 9.17) is 4.74 Å². The molecule has 5 heteroatoms. The van der Waals surface area contributed by atoms with Crippen LogP contribution >= 0.6 is 0 Å². The Morgan fingerprint density at radius 1 is 1.27 bits per heavy atom. The number of fused-ring (bicyclic) bond motifs is 4. The van der Waals surface area contributed by atoms with Crippen LogP contribution in [0.1, 0.15) is 51.9 Å². The van der Waals surface area contributed by atoms with Crippen molar-refractivity contribution in [1.82, 2.24) is 0 Å². The number of hydrogen-bond acceptors (Lipinski definition) is 5. The van der Waals surface area contributed by atoms with Gasteiger partial charge in [-0.25, -0.2) is 0 Å². The van der Waals surface area contributed by atoms with E-state index in [-0.39, 0.29) is 35.1 Å². The molecule has 26 heavy (non-hydrogen) atoms. The van der Waals surface area contributed by atoms with Gasteiger partial charge in [0, 0.05) is 17.8 Å². The van der Waals surface area contributed by atoms with Crippen molar-refractivity contribution in [3.63, 3.8) is 0 Å². The van der Waals surface area contributed by atoms with Crippen LogP contribution in [0.15, 0.2) is 11.6 Å². The zero-order valence-electron chi connectivity index (χ0n) is 15.5. The van der Waals surface area contributed by atoms with Gasteiger partial charge in [0.2, 0.25) is 0 Å². The van der Waals surface area contributed by atoms with Crippen molar-refractivity contribution >= 4 is 5.78 Å². The number of ether oxygens (including phenoxy) is 1. The topological polar surface area (TPSA) is 87.0 Å². The van der Waals surface area contributed by atoms with Crippen LogP contribution < -0.4 is 0 Å². The second-order valence-corrected chi connectivity index (χ2v) is 9.81. The van der Waals surface area contributed by atoms with E-state index in [1.54, 1.807) is 0 Å². The monoisotopic (exact) mass is 362 g/mol. The first-order valence-electron chi connectivity index (χ1n) is 10.2. The molecule has 0 aromatic heterocycles. The highest BCUT2D eigenvalue weighted by molar-refractivity contribution is 5.91. The van der Waals surface area contributed by atoms with Crippen LogP contribution in [0.25, 0.3) is 0 Å². The number of rotatable bonds is 1. The molecule has 5 rings (SSSR count). The van der Waals surface area contributed by atoms with Crippen molar-refractivity contribution in [3.8, 4) is 0 Å². The second kappa shape index (κ2) is 5.40. The maximum absolute atomic E-state index is 11.9. The van der Waals surface area contributed by atoms with Gasteiger partial charge in [-0.05, 0) is 67.8 Å². The summed E-state index contributed by atoms with van der Waals surface area (Å²) in [5, 5.41) is 31.7. The van der Waals surface area contributed by atoms with Crippen LogP contribution in [0.2, 0.25) is 0 Å². The Hall–Kier alpha value is -0.750. The van der Waals surface area contributed by atoms with E-state index in [0.717, 1.165) is 32.1 Å². The van der Waals surface area contributed by atoms with Gasteiger partial charge in [0.25, 0.3) is 0 Å². The third-order valence-corrected chi connectivity index (χ3v) is 8.98. The second-order valence-electron chi connectivity index (χ2n) is 9.81. The highest BCUT2D eigenvalue weighted by atomic mass is 16.6. The molecule has 0 aromatic carbocycles. The van der Waals surface area contributed by atoms with E-state index in [2.05, 4.69) is 6.92 Å². The highest BCUT2D eigenvalue weighted by Gasteiger charge is 2.70. The average Bonchev–Trinajstić information content (AvgIpc) is 3.11. The lowest BCUT2D eigenvalue weighted by Gasteiger charge is -2.59. The van der Waals surface area contributed by atoms with Crippen molar-refractivity contribution < 1.29 is 24.9 Å². The molecule has 8 atom stereocenters. The van der Waals surface area contributed by atoms with Crippen molar-refractivity contribution in [1.29, 1.82) is 0 Å². The average molecular weight is 362 g/mol.